The lowest BCUT2D eigenvalue weighted by molar-refractivity contribution is -0.145. The second kappa shape index (κ2) is 31.8. The zero-order valence-electron chi connectivity index (χ0n) is 21.6. The van der Waals surface area contributed by atoms with E-state index in [0.29, 0.717) is 58.3 Å². The van der Waals surface area contributed by atoms with Gasteiger partial charge >= 0.3 is 17.9 Å². The number of esters is 3. The summed E-state index contributed by atoms with van der Waals surface area (Å²) in [4.78, 5) is 42.7. The van der Waals surface area contributed by atoms with Crippen LogP contribution >= 0.6 is 11.6 Å². The number of allylic oxidation sites excluding steroid dienone is 2. The molecular weight excluding hydrogens is 476 g/mol. The molecule has 1 N–H and O–H groups in total. The Balaban J connectivity index is -0.000000486. The van der Waals surface area contributed by atoms with Crippen LogP contribution in [0.15, 0.2) is 25.3 Å². The van der Waals surface area contributed by atoms with Crippen LogP contribution in [0.3, 0.4) is 0 Å². The zero-order valence-corrected chi connectivity index (χ0v) is 22.3. The number of rotatable bonds is 19. The fourth-order valence-electron chi connectivity index (χ4n) is 2.27. The van der Waals surface area contributed by atoms with Gasteiger partial charge in [0.2, 0.25) is 5.24 Å². The first kappa shape index (κ1) is 37.4. The summed E-state index contributed by atoms with van der Waals surface area (Å²) in [6.45, 7) is 12.1. The summed E-state index contributed by atoms with van der Waals surface area (Å²) in [5.41, 5.74) is 0. The van der Waals surface area contributed by atoms with E-state index in [4.69, 9.17) is 30.9 Å². The van der Waals surface area contributed by atoms with Gasteiger partial charge in [-0.25, -0.2) is 0 Å². The molecule has 0 aromatic heterocycles. The summed E-state index contributed by atoms with van der Waals surface area (Å²) in [6.07, 6.45) is 11.4. The van der Waals surface area contributed by atoms with Gasteiger partial charge in [-0.15, -0.1) is 13.2 Å². The minimum absolute atomic E-state index is 0.134. The molecule has 0 fully saturated rings. The fraction of sp³-hybridized carbons (Fsp3) is 0.692. The van der Waals surface area contributed by atoms with E-state index in [1.807, 2.05) is 0 Å². The minimum atomic E-state index is -0.292. The Hall–Kier alpha value is -2.19. The van der Waals surface area contributed by atoms with E-state index < -0.39 is 0 Å². The molecule has 0 saturated heterocycles. The summed E-state index contributed by atoms with van der Waals surface area (Å²) in [7, 11) is 0. The van der Waals surface area contributed by atoms with E-state index in [2.05, 4.69) is 13.2 Å². The first-order valence-electron chi connectivity index (χ1n) is 12.3. The lowest BCUT2D eigenvalue weighted by atomic mass is 10.2. The van der Waals surface area contributed by atoms with Crippen LogP contribution in [-0.2, 0) is 33.4 Å². The number of hydrogen-bond acceptors (Lipinski definition) is 8. The van der Waals surface area contributed by atoms with E-state index in [1.165, 1.54) is 0 Å². The van der Waals surface area contributed by atoms with Gasteiger partial charge in [0.15, 0.2) is 0 Å². The Kier molecular flexibility index (Phi) is 34.0. The van der Waals surface area contributed by atoms with Crippen molar-refractivity contribution in [1.82, 2.24) is 0 Å². The largest absolute Gasteiger partial charge is 0.466 e. The van der Waals surface area contributed by atoms with Gasteiger partial charge in [-0.3, -0.25) is 19.2 Å². The van der Waals surface area contributed by atoms with Crippen molar-refractivity contribution in [3.63, 3.8) is 0 Å². The van der Waals surface area contributed by atoms with Gasteiger partial charge in [-0.2, -0.15) is 0 Å². The van der Waals surface area contributed by atoms with Crippen LogP contribution in [0.4, 0.5) is 0 Å². The molecule has 0 spiro atoms. The van der Waals surface area contributed by atoms with Gasteiger partial charge in [0, 0.05) is 32.3 Å². The highest BCUT2D eigenvalue weighted by Gasteiger charge is 2.03. The normalized spacial score (nSPS) is 9.37. The molecule has 0 unspecified atom stereocenters. The minimum Gasteiger partial charge on any atom is -0.466 e. The molecule has 0 bridgehead atoms. The number of aliphatic hydroxyl groups is 1. The molecule has 0 aliphatic heterocycles. The Labute approximate surface area is 216 Å². The van der Waals surface area contributed by atoms with Gasteiger partial charge in [0.05, 0.1) is 19.8 Å². The molecule has 0 amide bonds. The first-order valence-corrected chi connectivity index (χ1v) is 12.6. The lowest BCUT2D eigenvalue weighted by Crippen LogP contribution is -2.06. The van der Waals surface area contributed by atoms with Crippen molar-refractivity contribution in [3.05, 3.63) is 25.3 Å². The Morgan fingerprint density at radius 3 is 1.54 bits per heavy atom. The standard InChI is InChI=1S/C13H22O4.C8H16O3.C5H7ClO/c1-3-5-9-13(15)17-11-8-6-7-10-12(14)16-4-2;1-2-11-8(10)6-4-3-5-7-9;1-2-3-4-5(6)7/h3H,1,4-11H2,2H3;9H,2-7H2,1H3;2H,1,3-4H2. The molecule has 0 aromatic carbocycles. The summed E-state index contributed by atoms with van der Waals surface area (Å²) in [5, 5.41) is 8.13. The molecule has 204 valence electrons. The third-order valence-electron chi connectivity index (χ3n) is 4.04. The lowest BCUT2D eigenvalue weighted by Gasteiger charge is -2.04. The van der Waals surface area contributed by atoms with Crippen molar-refractivity contribution in [2.45, 2.75) is 90.9 Å². The van der Waals surface area contributed by atoms with Gasteiger partial charge in [0.25, 0.3) is 0 Å². The monoisotopic (exact) mass is 520 g/mol. The van der Waals surface area contributed by atoms with Gasteiger partial charge < -0.3 is 19.3 Å². The van der Waals surface area contributed by atoms with Gasteiger partial charge in [0.1, 0.15) is 0 Å². The van der Waals surface area contributed by atoms with Crippen molar-refractivity contribution in [1.29, 1.82) is 0 Å². The molecule has 35 heavy (non-hydrogen) atoms. The molecule has 0 aliphatic carbocycles. The van der Waals surface area contributed by atoms with Crippen LogP contribution in [0, 0.1) is 0 Å². The number of unbranched alkanes of at least 4 members (excludes halogenated alkanes) is 4. The maximum Gasteiger partial charge on any atom is 0.306 e. The number of hydrogen-bond donors (Lipinski definition) is 1. The van der Waals surface area contributed by atoms with Gasteiger partial charge in [-0.05, 0) is 70.4 Å². The molecule has 0 heterocycles. The average molecular weight is 521 g/mol. The van der Waals surface area contributed by atoms with Crippen LogP contribution < -0.4 is 0 Å². The highest BCUT2D eigenvalue weighted by atomic mass is 35.5. The molecule has 0 saturated carbocycles. The summed E-state index contributed by atoms with van der Waals surface area (Å²) in [5.74, 6) is -0.476. The second-order valence-electron chi connectivity index (χ2n) is 7.19. The van der Waals surface area contributed by atoms with Crippen molar-refractivity contribution in [2.75, 3.05) is 26.4 Å². The highest BCUT2D eigenvalue weighted by Crippen LogP contribution is 2.03. The van der Waals surface area contributed by atoms with Crippen molar-refractivity contribution in [2.24, 2.45) is 0 Å². The second-order valence-corrected chi connectivity index (χ2v) is 7.61. The average Bonchev–Trinajstić information content (AvgIpc) is 2.82. The van der Waals surface area contributed by atoms with Crippen molar-refractivity contribution < 1.29 is 38.5 Å². The fourth-order valence-corrected chi connectivity index (χ4v) is 2.38. The number of carbonyl (C=O) groups excluding carboxylic acids is 4. The van der Waals surface area contributed by atoms with Crippen LogP contribution in [0.2, 0.25) is 0 Å². The first-order chi connectivity index (χ1) is 16.8. The Morgan fingerprint density at radius 1 is 0.686 bits per heavy atom. The smallest absolute Gasteiger partial charge is 0.306 e. The van der Waals surface area contributed by atoms with Crippen LogP contribution in [0.5, 0.6) is 0 Å². The maximum atomic E-state index is 11.1. The molecule has 0 radical (unpaired) electrons. The Morgan fingerprint density at radius 2 is 1.14 bits per heavy atom. The van der Waals surface area contributed by atoms with Crippen molar-refractivity contribution >= 4 is 34.8 Å². The predicted octanol–water partition coefficient (Wildman–Crippen LogP) is 5.44. The van der Waals surface area contributed by atoms with E-state index >= 15 is 0 Å². The highest BCUT2D eigenvalue weighted by molar-refractivity contribution is 6.63. The molecule has 8 nitrogen and oxygen atoms in total. The molecule has 0 aromatic rings. The van der Waals surface area contributed by atoms with E-state index in [9.17, 15) is 19.2 Å². The SMILES string of the molecule is C=CCCC(=O)Cl.C=CCCC(=O)OCCCCCC(=O)OCC.CCOC(=O)CCCCCO. The molecule has 0 rings (SSSR count). The van der Waals surface area contributed by atoms with Crippen molar-refractivity contribution in [3.8, 4) is 0 Å². The number of carbonyl (C=O) groups is 4. The zero-order chi connectivity index (χ0) is 27.2. The van der Waals surface area contributed by atoms with Crippen LogP contribution in [-0.4, -0.2) is 54.7 Å². The van der Waals surface area contributed by atoms with Gasteiger partial charge in [-0.1, -0.05) is 18.6 Å². The summed E-state index contributed by atoms with van der Waals surface area (Å²) in [6, 6.07) is 0. The van der Waals surface area contributed by atoms with Crippen LogP contribution in [0.25, 0.3) is 0 Å². The number of ether oxygens (including phenoxy) is 3. The van der Waals surface area contributed by atoms with E-state index in [0.717, 1.165) is 38.5 Å². The molecular formula is C26H45ClO8. The molecule has 0 atom stereocenters. The third-order valence-corrected chi connectivity index (χ3v) is 4.22. The summed E-state index contributed by atoms with van der Waals surface area (Å²) >= 11 is 4.97. The molecule has 9 heteroatoms. The predicted molar refractivity (Wildman–Crippen MR) is 138 cm³/mol. The van der Waals surface area contributed by atoms with E-state index in [1.54, 1.807) is 26.0 Å². The van der Waals surface area contributed by atoms with Crippen LogP contribution in [0.1, 0.15) is 90.9 Å². The topological polar surface area (TPSA) is 116 Å². The molecule has 0 aliphatic rings. The number of aliphatic hydroxyl groups excluding tert-OH is 1. The summed E-state index contributed by atoms with van der Waals surface area (Å²) < 4.78 is 14.5. The quantitative estimate of drug-likeness (QED) is 0.0786. The van der Waals surface area contributed by atoms with E-state index in [-0.39, 0.29) is 29.8 Å². The maximum absolute atomic E-state index is 11.1. The number of halogens is 1. The Bertz CT molecular complexity index is 564. The third kappa shape index (κ3) is 39.3.